The molecule has 0 radical (unpaired) electrons. The lowest BCUT2D eigenvalue weighted by Gasteiger charge is -2.17. The monoisotopic (exact) mass is 309 g/mol. The van der Waals surface area contributed by atoms with Crippen molar-refractivity contribution in [2.24, 2.45) is 0 Å². The third-order valence-electron chi connectivity index (χ3n) is 3.12. The van der Waals surface area contributed by atoms with Crippen LogP contribution in [0.5, 0.6) is 5.75 Å². The van der Waals surface area contributed by atoms with E-state index in [1.807, 2.05) is 12.1 Å². The van der Waals surface area contributed by atoms with E-state index in [-0.39, 0.29) is 12.5 Å². The van der Waals surface area contributed by atoms with Crippen LogP contribution in [-0.2, 0) is 20.9 Å². The van der Waals surface area contributed by atoms with Crippen molar-refractivity contribution >= 4 is 11.9 Å². The maximum Gasteiger partial charge on any atom is 0.341 e. The van der Waals surface area contributed by atoms with Crippen LogP contribution in [0.3, 0.4) is 0 Å². The predicted octanol–water partition coefficient (Wildman–Crippen LogP) is 1.93. The van der Waals surface area contributed by atoms with Gasteiger partial charge < -0.3 is 19.5 Å². The summed E-state index contributed by atoms with van der Waals surface area (Å²) in [6.45, 7) is 0.830. The molecule has 1 aromatic rings. The van der Waals surface area contributed by atoms with E-state index in [1.165, 1.54) is 0 Å². The van der Waals surface area contributed by atoms with Crippen LogP contribution >= 0.6 is 0 Å². The van der Waals surface area contributed by atoms with Crippen molar-refractivity contribution in [2.75, 3.05) is 27.4 Å². The molecule has 1 aromatic carbocycles. The average molecular weight is 309 g/mol. The van der Waals surface area contributed by atoms with Gasteiger partial charge in [0.25, 0.3) is 0 Å². The summed E-state index contributed by atoms with van der Waals surface area (Å²) in [4.78, 5) is 24.0. The third kappa shape index (κ3) is 7.08. The number of carboxylic acid groups (broad SMARTS) is 1. The second-order valence-electron chi connectivity index (χ2n) is 5.03. The first-order valence-corrected chi connectivity index (χ1v) is 7.19. The van der Waals surface area contributed by atoms with Crippen LogP contribution < -0.4 is 4.74 Å². The van der Waals surface area contributed by atoms with Gasteiger partial charge in [0.1, 0.15) is 5.75 Å². The number of rotatable bonds is 10. The number of benzene rings is 1. The summed E-state index contributed by atoms with van der Waals surface area (Å²) in [5.74, 6) is -0.412. The van der Waals surface area contributed by atoms with Crippen LogP contribution in [0.25, 0.3) is 0 Å². The van der Waals surface area contributed by atoms with Crippen LogP contribution in [0.1, 0.15) is 24.8 Å². The van der Waals surface area contributed by atoms with Gasteiger partial charge >= 0.3 is 5.97 Å². The lowest BCUT2D eigenvalue weighted by molar-refractivity contribution is -0.139. The van der Waals surface area contributed by atoms with E-state index in [0.717, 1.165) is 18.4 Å². The predicted molar refractivity (Wildman–Crippen MR) is 81.8 cm³/mol. The van der Waals surface area contributed by atoms with Gasteiger partial charge in [-0.25, -0.2) is 4.79 Å². The van der Waals surface area contributed by atoms with E-state index in [0.29, 0.717) is 25.3 Å². The molecule has 1 N–H and O–H groups in total. The molecule has 0 aromatic heterocycles. The summed E-state index contributed by atoms with van der Waals surface area (Å²) in [6, 6.07) is 7.06. The maximum absolute atomic E-state index is 12.0. The quantitative estimate of drug-likeness (QED) is 0.668. The van der Waals surface area contributed by atoms with E-state index in [9.17, 15) is 9.59 Å². The van der Waals surface area contributed by atoms with Crippen molar-refractivity contribution in [3.63, 3.8) is 0 Å². The van der Waals surface area contributed by atoms with E-state index in [2.05, 4.69) is 0 Å². The molecule has 0 spiro atoms. The Morgan fingerprint density at radius 2 is 1.86 bits per heavy atom. The second kappa shape index (κ2) is 9.78. The number of carbonyl (C=O) groups is 2. The molecule has 0 unspecified atom stereocenters. The van der Waals surface area contributed by atoms with Crippen LogP contribution in [0.4, 0.5) is 0 Å². The number of ether oxygens (including phenoxy) is 2. The summed E-state index contributed by atoms with van der Waals surface area (Å²) in [5.41, 5.74) is 0.968. The highest BCUT2D eigenvalue weighted by Gasteiger charge is 2.09. The number of unbranched alkanes of at least 4 members (excludes halogenated alkanes) is 1. The Hall–Kier alpha value is -2.08. The number of nitrogens with zero attached hydrogens (tertiary/aromatic N) is 1. The smallest absolute Gasteiger partial charge is 0.341 e. The normalized spacial score (nSPS) is 10.3. The standard InChI is InChI=1S/C16H23NO5/c1-17(15(18)5-3-4-10-21-2)11-13-6-8-14(9-7-13)22-12-16(19)20/h6-9H,3-5,10-12H2,1-2H3,(H,19,20). The van der Waals surface area contributed by atoms with E-state index >= 15 is 0 Å². The zero-order chi connectivity index (χ0) is 16.4. The van der Waals surface area contributed by atoms with Crippen LogP contribution in [0.2, 0.25) is 0 Å². The Morgan fingerprint density at radius 1 is 1.18 bits per heavy atom. The molecule has 122 valence electrons. The van der Waals surface area contributed by atoms with Crippen molar-refractivity contribution in [3.05, 3.63) is 29.8 Å². The first-order valence-electron chi connectivity index (χ1n) is 7.19. The fraction of sp³-hybridized carbons (Fsp3) is 0.500. The van der Waals surface area contributed by atoms with Gasteiger partial charge in [0.2, 0.25) is 5.91 Å². The number of hydrogen-bond acceptors (Lipinski definition) is 4. The first kappa shape index (κ1) is 18.0. The van der Waals surface area contributed by atoms with Gasteiger partial charge in [0.05, 0.1) is 0 Å². The molecule has 6 heteroatoms. The average Bonchev–Trinajstić information content (AvgIpc) is 2.50. The van der Waals surface area contributed by atoms with Gasteiger partial charge in [-0.3, -0.25) is 4.79 Å². The molecule has 0 aliphatic heterocycles. The van der Waals surface area contributed by atoms with Crippen molar-refractivity contribution < 1.29 is 24.2 Å². The molecule has 0 saturated carbocycles. The number of carbonyl (C=O) groups excluding carboxylic acids is 1. The molecule has 1 rings (SSSR count). The second-order valence-corrected chi connectivity index (χ2v) is 5.03. The van der Waals surface area contributed by atoms with Crippen LogP contribution in [0, 0.1) is 0 Å². The number of hydrogen-bond donors (Lipinski definition) is 1. The minimum Gasteiger partial charge on any atom is -0.482 e. The van der Waals surface area contributed by atoms with Crippen LogP contribution in [-0.4, -0.2) is 49.3 Å². The van der Waals surface area contributed by atoms with Gasteiger partial charge in [0.15, 0.2) is 6.61 Å². The molecular formula is C16H23NO5. The third-order valence-corrected chi connectivity index (χ3v) is 3.12. The maximum atomic E-state index is 12.0. The molecule has 0 fully saturated rings. The van der Waals surface area contributed by atoms with Gasteiger partial charge in [-0.1, -0.05) is 12.1 Å². The van der Waals surface area contributed by atoms with E-state index in [1.54, 1.807) is 31.2 Å². The lowest BCUT2D eigenvalue weighted by atomic mass is 10.2. The van der Waals surface area contributed by atoms with Gasteiger partial charge in [-0.15, -0.1) is 0 Å². The van der Waals surface area contributed by atoms with E-state index < -0.39 is 5.97 Å². The Bertz CT molecular complexity index is 472. The minimum absolute atomic E-state index is 0.0994. The fourth-order valence-electron chi connectivity index (χ4n) is 1.91. The summed E-state index contributed by atoms with van der Waals surface area (Å²) in [7, 11) is 3.42. The van der Waals surface area contributed by atoms with Crippen molar-refractivity contribution in [2.45, 2.75) is 25.8 Å². The van der Waals surface area contributed by atoms with Gasteiger partial charge in [-0.05, 0) is 30.5 Å². The van der Waals surface area contributed by atoms with E-state index in [4.69, 9.17) is 14.6 Å². The SMILES string of the molecule is COCCCCC(=O)N(C)Cc1ccc(OCC(=O)O)cc1. The summed E-state index contributed by atoms with van der Waals surface area (Å²) in [6.07, 6.45) is 2.21. The first-order chi connectivity index (χ1) is 10.5. The fourth-order valence-corrected chi connectivity index (χ4v) is 1.91. The molecule has 0 bridgehead atoms. The highest BCUT2D eigenvalue weighted by atomic mass is 16.5. The molecule has 0 atom stereocenters. The Morgan fingerprint density at radius 3 is 2.45 bits per heavy atom. The molecule has 0 aliphatic rings. The van der Waals surface area contributed by atoms with Gasteiger partial charge in [0, 0.05) is 33.7 Å². The number of amides is 1. The number of methoxy groups -OCH3 is 1. The van der Waals surface area contributed by atoms with Crippen molar-refractivity contribution in [1.82, 2.24) is 4.90 Å². The number of carboxylic acids is 1. The molecule has 0 heterocycles. The highest BCUT2D eigenvalue weighted by molar-refractivity contribution is 5.75. The number of aliphatic carboxylic acids is 1. The summed E-state index contributed by atoms with van der Waals surface area (Å²) < 4.78 is 10.0. The van der Waals surface area contributed by atoms with Gasteiger partial charge in [-0.2, -0.15) is 0 Å². The zero-order valence-electron chi connectivity index (χ0n) is 13.1. The van der Waals surface area contributed by atoms with Crippen molar-refractivity contribution in [1.29, 1.82) is 0 Å². The Kier molecular flexibility index (Phi) is 7.99. The molecule has 6 nitrogen and oxygen atoms in total. The summed E-state index contributed by atoms with van der Waals surface area (Å²) >= 11 is 0. The van der Waals surface area contributed by atoms with Crippen LogP contribution in [0.15, 0.2) is 24.3 Å². The van der Waals surface area contributed by atoms with Crippen molar-refractivity contribution in [3.8, 4) is 5.75 Å². The lowest BCUT2D eigenvalue weighted by Crippen LogP contribution is -2.25. The Labute approximate surface area is 130 Å². The largest absolute Gasteiger partial charge is 0.482 e. The minimum atomic E-state index is -1.01. The summed E-state index contributed by atoms with van der Waals surface area (Å²) in [5, 5.41) is 8.54. The molecule has 1 amide bonds. The molecule has 0 saturated heterocycles. The topological polar surface area (TPSA) is 76.1 Å². The molecule has 22 heavy (non-hydrogen) atoms. The zero-order valence-corrected chi connectivity index (χ0v) is 13.1. The Balaban J connectivity index is 2.38. The highest BCUT2D eigenvalue weighted by Crippen LogP contribution is 2.14. The molecule has 0 aliphatic carbocycles. The molecular weight excluding hydrogens is 286 g/mol.